The van der Waals surface area contributed by atoms with Crippen molar-refractivity contribution in [3.05, 3.63) is 60.2 Å². The Bertz CT molecular complexity index is 1220. The van der Waals surface area contributed by atoms with Crippen molar-refractivity contribution < 1.29 is 27.4 Å². The van der Waals surface area contributed by atoms with Gasteiger partial charge in [-0.2, -0.15) is 13.2 Å². The van der Waals surface area contributed by atoms with Crippen LogP contribution in [0, 0.1) is 0 Å². The molecule has 2 aliphatic heterocycles. The molecule has 2 fully saturated rings. The number of nitrogens with one attached hydrogen (secondary N) is 2. The number of amides is 1. The monoisotopic (exact) mass is 516 g/mol. The lowest BCUT2D eigenvalue weighted by Gasteiger charge is -2.21. The van der Waals surface area contributed by atoms with Gasteiger partial charge in [0.2, 0.25) is 5.91 Å². The van der Waals surface area contributed by atoms with Gasteiger partial charge in [-0.3, -0.25) is 14.7 Å². The third kappa shape index (κ3) is 6.14. The lowest BCUT2D eigenvalue weighted by atomic mass is 10.1. The number of carbonyl (C=O) groups excluding carboxylic acids is 1. The number of carbonyl (C=O) groups is 1. The molecule has 2 aliphatic rings. The van der Waals surface area contributed by atoms with Gasteiger partial charge in [-0.25, -0.2) is 9.97 Å². The molecule has 0 bridgehead atoms. The maximum Gasteiger partial charge on any atom is 0.416 e. The molecule has 2 aromatic heterocycles. The summed E-state index contributed by atoms with van der Waals surface area (Å²) in [5.74, 6) is -0.154. The van der Waals surface area contributed by atoms with Gasteiger partial charge >= 0.3 is 6.18 Å². The molecule has 0 aliphatic carbocycles. The van der Waals surface area contributed by atoms with E-state index in [2.05, 4.69) is 30.5 Å². The van der Waals surface area contributed by atoms with Gasteiger partial charge in [-0.1, -0.05) is 0 Å². The molecular weight excluding hydrogens is 489 g/mol. The number of rotatable bonds is 8. The summed E-state index contributed by atoms with van der Waals surface area (Å²) in [4.78, 5) is 27.3. The molecule has 4 heterocycles. The first-order valence-electron chi connectivity index (χ1n) is 12.0. The largest absolute Gasteiger partial charge is 0.416 e. The van der Waals surface area contributed by atoms with Crippen molar-refractivity contribution >= 4 is 22.6 Å². The summed E-state index contributed by atoms with van der Waals surface area (Å²) in [7, 11) is 0. The van der Waals surface area contributed by atoms with Crippen LogP contribution in [0.3, 0.4) is 0 Å². The highest BCUT2D eigenvalue weighted by Crippen LogP contribution is 2.32. The molecule has 3 atom stereocenters. The van der Waals surface area contributed by atoms with E-state index in [1.807, 2.05) is 12.1 Å². The van der Waals surface area contributed by atoms with Crippen LogP contribution < -0.4 is 10.6 Å². The smallest absolute Gasteiger partial charge is 0.380 e. The predicted molar refractivity (Wildman–Crippen MR) is 129 cm³/mol. The number of nitrogens with zero attached hydrogens (tertiary/aromatic N) is 4. The van der Waals surface area contributed by atoms with Crippen molar-refractivity contribution in [2.45, 2.75) is 37.4 Å². The Hall–Kier alpha value is -3.35. The minimum absolute atomic E-state index is 0.160. The Labute approximate surface area is 211 Å². The summed E-state index contributed by atoms with van der Waals surface area (Å²) >= 11 is 0. The van der Waals surface area contributed by atoms with E-state index in [4.69, 9.17) is 9.47 Å². The zero-order valence-corrected chi connectivity index (χ0v) is 19.9. The number of anilines is 1. The maximum atomic E-state index is 13.2. The average Bonchev–Trinajstić information content (AvgIpc) is 3.56. The van der Waals surface area contributed by atoms with Crippen molar-refractivity contribution in [2.24, 2.45) is 0 Å². The van der Waals surface area contributed by atoms with Crippen LogP contribution >= 0.6 is 0 Å². The summed E-state index contributed by atoms with van der Waals surface area (Å²) < 4.78 is 51.3. The van der Waals surface area contributed by atoms with Crippen molar-refractivity contribution in [1.29, 1.82) is 0 Å². The minimum Gasteiger partial charge on any atom is -0.380 e. The first kappa shape index (κ1) is 25.3. The van der Waals surface area contributed by atoms with Crippen LogP contribution in [-0.2, 0) is 27.1 Å². The fraction of sp³-hybridized carbons (Fsp3) is 0.440. The molecule has 0 spiro atoms. The number of halogens is 3. The molecule has 2 N–H and O–H groups in total. The van der Waals surface area contributed by atoms with E-state index in [1.54, 1.807) is 12.4 Å². The van der Waals surface area contributed by atoms with Gasteiger partial charge in [0.25, 0.3) is 0 Å². The Kier molecular flexibility index (Phi) is 7.49. The van der Waals surface area contributed by atoms with E-state index in [-0.39, 0.29) is 41.8 Å². The summed E-state index contributed by atoms with van der Waals surface area (Å²) in [6, 6.07) is 7.03. The first-order valence-corrected chi connectivity index (χ1v) is 12.0. The van der Waals surface area contributed by atoms with Crippen LogP contribution in [0.2, 0.25) is 0 Å². The van der Waals surface area contributed by atoms with Crippen molar-refractivity contribution in [3.8, 4) is 0 Å². The number of ether oxygens (including phenoxy) is 2. The second kappa shape index (κ2) is 11.0. The fourth-order valence-electron chi connectivity index (χ4n) is 4.70. The van der Waals surface area contributed by atoms with Gasteiger partial charge in [-0.05, 0) is 42.3 Å². The van der Waals surface area contributed by atoms with Gasteiger partial charge in [-0.15, -0.1) is 0 Å². The van der Waals surface area contributed by atoms with E-state index >= 15 is 0 Å². The highest BCUT2D eigenvalue weighted by Gasteiger charge is 2.39. The van der Waals surface area contributed by atoms with Crippen LogP contribution in [0.15, 0.2) is 49.1 Å². The summed E-state index contributed by atoms with van der Waals surface area (Å²) in [6.45, 7) is 2.87. The van der Waals surface area contributed by atoms with Gasteiger partial charge in [0.1, 0.15) is 12.1 Å². The highest BCUT2D eigenvalue weighted by atomic mass is 19.4. The molecule has 196 valence electrons. The summed E-state index contributed by atoms with van der Waals surface area (Å²) in [6.07, 6.45) is 0.857. The number of hydrogen-bond acceptors (Lipinski definition) is 8. The third-order valence-electron chi connectivity index (χ3n) is 6.66. The number of benzene rings is 1. The molecule has 0 radical (unpaired) electrons. The van der Waals surface area contributed by atoms with E-state index < -0.39 is 11.7 Å². The SMILES string of the molecule is O=C(CNc1ncnc2ccc(C(F)(F)F)cc12)NC1CN(C2CCOC2)C[C@@H]1OCc1ccncc1. The molecule has 5 rings (SSSR count). The van der Waals surface area contributed by atoms with Crippen molar-refractivity contribution in [3.63, 3.8) is 0 Å². The normalized spacial score (nSPS) is 22.4. The van der Waals surface area contributed by atoms with Crippen LogP contribution in [-0.4, -0.2) is 76.8 Å². The number of pyridine rings is 1. The van der Waals surface area contributed by atoms with Gasteiger partial charge in [0, 0.05) is 43.5 Å². The third-order valence-corrected chi connectivity index (χ3v) is 6.66. The molecule has 3 aromatic rings. The van der Waals surface area contributed by atoms with E-state index in [0.29, 0.717) is 38.4 Å². The molecule has 9 nitrogen and oxygen atoms in total. The van der Waals surface area contributed by atoms with Gasteiger partial charge < -0.3 is 20.1 Å². The zero-order valence-electron chi connectivity index (χ0n) is 19.9. The summed E-state index contributed by atoms with van der Waals surface area (Å²) in [5, 5.41) is 6.09. The van der Waals surface area contributed by atoms with Gasteiger partial charge in [0.15, 0.2) is 0 Å². The second-order valence-electron chi connectivity index (χ2n) is 9.16. The second-order valence-corrected chi connectivity index (χ2v) is 9.16. The lowest BCUT2D eigenvalue weighted by Crippen LogP contribution is -2.46. The topological polar surface area (TPSA) is 102 Å². The average molecular weight is 517 g/mol. The number of hydrogen-bond donors (Lipinski definition) is 2. The molecule has 2 saturated heterocycles. The molecular formula is C25H27F3N6O3. The van der Waals surface area contributed by atoms with Crippen LogP contribution in [0.1, 0.15) is 17.5 Å². The minimum atomic E-state index is -4.50. The Morgan fingerprint density at radius 1 is 1.16 bits per heavy atom. The zero-order chi connectivity index (χ0) is 25.8. The number of likely N-dealkylation sites (tertiary alicyclic amines) is 1. The summed E-state index contributed by atoms with van der Waals surface area (Å²) in [5.41, 5.74) is 0.525. The maximum absolute atomic E-state index is 13.2. The first-order chi connectivity index (χ1) is 17.9. The van der Waals surface area contributed by atoms with Gasteiger partial charge in [0.05, 0.1) is 43.0 Å². The Balaban J connectivity index is 1.24. The van der Waals surface area contributed by atoms with Crippen LogP contribution in [0.25, 0.3) is 10.9 Å². The quantitative estimate of drug-likeness (QED) is 0.471. The molecule has 2 unspecified atom stereocenters. The Morgan fingerprint density at radius 3 is 2.76 bits per heavy atom. The predicted octanol–water partition coefficient (Wildman–Crippen LogP) is 2.63. The highest BCUT2D eigenvalue weighted by molar-refractivity contribution is 5.91. The Morgan fingerprint density at radius 2 is 2.00 bits per heavy atom. The van der Waals surface area contributed by atoms with Crippen LogP contribution in [0.5, 0.6) is 0 Å². The van der Waals surface area contributed by atoms with Crippen molar-refractivity contribution in [1.82, 2.24) is 25.2 Å². The number of fused-ring (bicyclic) bond motifs is 1. The van der Waals surface area contributed by atoms with E-state index in [0.717, 1.165) is 24.1 Å². The fourth-order valence-corrected chi connectivity index (χ4v) is 4.70. The number of aromatic nitrogens is 3. The molecule has 1 amide bonds. The standard InChI is InChI=1S/C25H27F3N6O3/c26-25(27,28)17-1-2-20-19(9-17)24(32-15-31-20)30-10-23(35)33-21-11-34(18-5-8-36-14-18)12-22(21)37-13-16-3-6-29-7-4-16/h1-4,6-7,9,15,18,21-22H,5,8,10-14H2,(H,33,35)(H,30,31,32)/t18?,21?,22-/m0/s1. The molecule has 1 aromatic carbocycles. The lowest BCUT2D eigenvalue weighted by molar-refractivity contribution is -0.137. The van der Waals surface area contributed by atoms with Crippen LogP contribution in [0.4, 0.5) is 19.0 Å². The van der Waals surface area contributed by atoms with E-state index in [9.17, 15) is 18.0 Å². The molecule has 37 heavy (non-hydrogen) atoms. The number of alkyl halides is 3. The van der Waals surface area contributed by atoms with Crippen molar-refractivity contribution in [2.75, 3.05) is 38.2 Å². The van der Waals surface area contributed by atoms with E-state index in [1.165, 1.54) is 12.4 Å². The molecule has 12 heteroatoms. The molecule has 0 saturated carbocycles.